The highest BCUT2D eigenvalue weighted by Crippen LogP contribution is 2.65. The zero-order valence-corrected chi connectivity index (χ0v) is 16.8. The summed E-state index contributed by atoms with van der Waals surface area (Å²) in [7, 11) is 0. The van der Waals surface area contributed by atoms with Gasteiger partial charge < -0.3 is 5.32 Å². The molecule has 0 aromatic carbocycles. The van der Waals surface area contributed by atoms with Crippen LogP contribution in [0.3, 0.4) is 0 Å². The summed E-state index contributed by atoms with van der Waals surface area (Å²) in [5.74, 6) is 3.20. The van der Waals surface area contributed by atoms with E-state index < -0.39 is 0 Å². The van der Waals surface area contributed by atoms with Gasteiger partial charge in [-0.15, -0.1) is 0 Å². The summed E-state index contributed by atoms with van der Waals surface area (Å²) in [6.45, 7) is 4.84. The Bertz CT molecular complexity index is 771. The third-order valence-electron chi connectivity index (χ3n) is 9.02. The van der Waals surface area contributed by atoms with E-state index in [1.54, 1.807) is 5.57 Å². The number of carbonyl (C=O) groups excluding carboxylic acids is 1. The lowest BCUT2D eigenvalue weighted by Crippen LogP contribution is -2.51. The molecule has 0 bridgehead atoms. The summed E-state index contributed by atoms with van der Waals surface area (Å²) < 4.78 is 0. The molecule has 1 heterocycles. The maximum Gasteiger partial charge on any atom is 0.139 e. The van der Waals surface area contributed by atoms with E-state index in [0.717, 1.165) is 31.1 Å². The molecule has 6 atom stereocenters. The number of Topliss-reactive ketones (excluding diaryl/α,β-unsaturated/α-hetero) is 1. The minimum atomic E-state index is -0.0160. The van der Waals surface area contributed by atoms with E-state index in [4.69, 9.17) is 0 Å². The average molecular weight is 364 g/mol. The molecule has 27 heavy (non-hydrogen) atoms. The van der Waals surface area contributed by atoms with Crippen molar-refractivity contribution in [1.82, 2.24) is 5.32 Å². The van der Waals surface area contributed by atoms with E-state index in [-0.39, 0.29) is 5.41 Å². The Morgan fingerprint density at radius 1 is 1.00 bits per heavy atom. The number of hydrogen-bond donors (Lipinski definition) is 1. The first-order valence-corrected chi connectivity index (χ1v) is 11.1. The highest BCUT2D eigenvalue weighted by molar-refractivity contribution is 5.87. The van der Waals surface area contributed by atoms with Crippen LogP contribution in [0.5, 0.6) is 0 Å². The number of ketones is 1. The Morgan fingerprint density at radius 2 is 1.85 bits per heavy atom. The summed E-state index contributed by atoms with van der Waals surface area (Å²) in [5.41, 5.74) is 3.37. The Balaban J connectivity index is 1.50. The SMILES string of the molecule is C[C@]12CCCC(C3=CC=CC=CN3)C1=CC[C@@H]1[C@@H]2CC[C@]2(C)C(=O)CC[C@@H]12. The molecule has 1 unspecified atom stereocenters. The standard InChI is InChI=1S/C25H33NO/c1-24-14-6-7-18(22-8-4-3-5-16-26-22)20(24)10-9-17-19-11-12-23(27)25(19,2)15-13-21(17)24/h3-5,8,10,16-19,21,26H,6-7,9,11-15H2,1-2H3/t17-,18?,19-,21-,24-,25-/m0/s1. The zero-order valence-electron chi connectivity index (χ0n) is 16.8. The van der Waals surface area contributed by atoms with Crippen LogP contribution in [0, 0.1) is 34.5 Å². The van der Waals surface area contributed by atoms with Crippen molar-refractivity contribution in [2.75, 3.05) is 0 Å². The van der Waals surface area contributed by atoms with Crippen LogP contribution in [0.15, 0.2) is 47.9 Å². The van der Waals surface area contributed by atoms with Crippen molar-refractivity contribution in [2.45, 2.75) is 65.2 Å². The molecule has 5 rings (SSSR count). The van der Waals surface area contributed by atoms with Gasteiger partial charge in [0.05, 0.1) is 0 Å². The molecule has 0 spiro atoms. The van der Waals surface area contributed by atoms with E-state index in [2.05, 4.69) is 55.7 Å². The first-order chi connectivity index (χ1) is 13.0. The van der Waals surface area contributed by atoms with Gasteiger partial charge in [0.15, 0.2) is 0 Å². The van der Waals surface area contributed by atoms with E-state index in [0.29, 0.717) is 23.0 Å². The van der Waals surface area contributed by atoms with Crippen LogP contribution in [-0.2, 0) is 4.79 Å². The largest absolute Gasteiger partial charge is 0.364 e. The molecule has 0 radical (unpaired) electrons. The van der Waals surface area contributed by atoms with Gasteiger partial charge in [-0.05, 0) is 73.8 Å². The highest BCUT2D eigenvalue weighted by Gasteiger charge is 2.59. The molecule has 1 aliphatic heterocycles. The average Bonchev–Trinajstić information content (AvgIpc) is 2.84. The van der Waals surface area contributed by atoms with Gasteiger partial charge in [-0.25, -0.2) is 0 Å². The third kappa shape index (κ3) is 2.48. The van der Waals surface area contributed by atoms with Gasteiger partial charge >= 0.3 is 0 Å². The summed E-state index contributed by atoms with van der Waals surface area (Å²) in [4.78, 5) is 12.6. The number of fused-ring (bicyclic) bond motifs is 5. The summed E-state index contributed by atoms with van der Waals surface area (Å²) in [5, 5.41) is 3.56. The number of carbonyl (C=O) groups is 1. The molecule has 0 amide bonds. The van der Waals surface area contributed by atoms with Crippen LogP contribution in [-0.4, -0.2) is 5.78 Å². The molecule has 2 nitrogen and oxygen atoms in total. The molecule has 3 fully saturated rings. The topological polar surface area (TPSA) is 29.1 Å². The lowest BCUT2D eigenvalue weighted by molar-refractivity contribution is -0.131. The quantitative estimate of drug-likeness (QED) is 0.606. The Hall–Kier alpha value is -1.57. The monoisotopic (exact) mass is 363 g/mol. The summed E-state index contributed by atoms with van der Waals surface area (Å²) in [6.07, 6.45) is 22.7. The van der Waals surface area contributed by atoms with Crippen LogP contribution in [0.25, 0.3) is 0 Å². The molecule has 0 aromatic heterocycles. The molecule has 5 aliphatic rings. The Kier molecular flexibility index (Phi) is 4.04. The maximum absolute atomic E-state index is 12.6. The van der Waals surface area contributed by atoms with E-state index in [1.807, 2.05) is 0 Å². The molecule has 0 saturated heterocycles. The second-order valence-electron chi connectivity index (χ2n) is 10.1. The van der Waals surface area contributed by atoms with Crippen molar-refractivity contribution in [3.05, 3.63) is 47.9 Å². The number of rotatable bonds is 1. The second kappa shape index (κ2) is 6.22. The zero-order chi connectivity index (χ0) is 18.6. The predicted molar refractivity (Wildman–Crippen MR) is 110 cm³/mol. The molecule has 4 aliphatic carbocycles. The van der Waals surface area contributed by atoms with Crippen molar-refractivity contribution in [3.63, 3.8) is 0 Å². The number of nitrogens with one attached hydrogen (secondary N) is 1. The summed E-state index contributed by atoms with van der Waals surface area (Å²) >= 11 is 0. The van der Waals surface area contributed by atoms with Crippen LogP contribution in [0.1, 0.15) is 65.2 Å². The molecular weight excluding hydrogens is 330 g/mol. The minimum absolute atomic E-state index is 0.0160. The van der Waals surface area contributed by atoms with Crippen LogP contribution in [0.2, 0.25) is 0 Å². The molecule has 3 saturated carbocycles. The summed E-state index contributed by atoms with van der Waals surface area (Å²) in [6, 6.07) is 0. The van der Waals surface area contributed by atoms with Crippen LogP contribution < -0.4 is 5.32 Å². The first-order valence-electron chi connectivity index (χ1n) is 11.1. The molecule has 144 valence electrons. The molecular formula is C25H33NO. The van der Waals surface area contributed by atoms with E-state index in [9.17, 15) is 4.79 Å². The fourth-order valence-corrected chi connectivity index (χ4v) is 7.60. The normalized spacial score (nSPS) is 45.8. The highest BCUT2D eigenvalue weighted by atomic mass is 16.1. The van der Waals surface area contributed by atoms with Crippen molar-refractivity contribution < 1.29 is 4.79 Å². The smallest absolute Gasteiger partial charge is 0.139 e. The Morgan fingerprint density at radius 3 is 2.74 bits per heavy atom. The van der Waals surface area contributed by atoms with Crippen LogP contribution >= 0.6 is 0 Å². The van der Waals surface area contributed by atoms with E-state index >= 15 is 0 Å². The molecule has 2 heteroatoms. The van der Waals surface area contributed by atoms with Crippen molar-refractivity contribution >= 4 is 5.78 Å². The van der Waals surface area contributed by atoms with Gasteiger partial charge in [0.1, 0.15) is 5.78 Å². The van der Waals surface area contributed by atoms with Gasteiger partial charge in [0.2, 0.25) is 0 Å². The van der Waals surface area contributed by atoms with Gasteiger partial charge in [0.25, 0.3) is 0 Å². The van der Waals surface area contributed by atoms with Gasteiger partial charge in [-0.1, -0.05) is 44.1 Å². The fraction of sp³-hybridized carbons (Fsp3) is 0.640. The van der Waals surface area contributed by atoms with Crippen molar-refractivity contribution in [1.29, 1.82) is 0 Å². The lowest BCUT2D eigenvalue weighted by Gasteiger charge is -2.57. The van der Waals surface area contributed by atoms with Gasteiger partial charge in [-0.3, -0.25) is 4.79 Å². The van der Waals surface area contributed by atoms with Crippen LogP contribution in [0.4, 0.5) is 0 Å². The predicted octanol–water partition coefficient (Wildman–Crippen LogP) is 5.69. The Labute approximate surface area is 163 Å². The third-order valence-corrected chi connectivity index (χ3v) is 9.02. The minimum Gasteiger partial charge on any atom is -0.364 e. The lowest BCUT2D eigenvalue weighted by atomic mass is 9.47. The van der Waals surface area contributed by atoms with Gasteiger partial charge in [0, 0.05) is 29.7 Å². The van der Waals surface area contributed by atoms with Crippen molar-refractivity contribution in [3.8, 4) is 0 Å². The second-order valence-corrected chi connectivity index (χ2v) is 10.1. The maximum atomic E-state index is 12.6. The number of hydrogen-bond acceptors (Lipinski definition) is 2. The van der Waals surface area contributed by atoms with Gasteiger partial charge in [-0.2, -0.15) is 0 Å². The fourth-order valence-electron chi connectivity index (χ4n) is 7.60. The molecule has 1 N–H and O–H groups in total. The van der Waals surface area contributed by atoms with E-state index in [1.165, 1.54) is 37.8 Å². The number of allylic oxidation sites excluding steroid dienone is 6. The molecule has 0 aromatic rings. The first kappa shape index (κ1) is 17.5. The van der Waals surface area contributed by atoms with Crippen molar-refractivity contribution in [2.24, 2.45) is 34.5 Å².